The lowest BCUT2D eigenvalue weighted by Crippen LogP contribution is -2.57. The number of aromatic amines is 1. The second-order valence-electron chi connectivity index (χ2n) is 7.60. The molecule has 4 atom stereocenters. The Morgan fingerprint density at radius 2 is 1.40 bits per heavy atom. The molecule has 0 aliphatic heterocycles. The Bertz CT molecular complexity index is 911. The summed E-state index contributed by atoms with van der Waals surface area (Å²) in [6, 6.07) is -5.11. The number of rotatable bonds is 16. The standard InChI is InChI=1S/C19H30N8O7S/c20-10(7-35)16(30)25-11(1-3-14(21)28)17(31)26-12(2-4-15(22)29)18(32)27-13(19(33)34)5-9-6-23-8-24-9/h6,8,10-13,35H,1-5,7,20H2,(H2,21,28)(H2,22,29)(H,23,24)(H,25,30)(H,26,31)(H,27,32)(H,33,34). The van der Waals surface area contributed by atoms with Crippen molar-refractivity contribution in [1.29, 1.82) is 0 Å². The van der Waals surface area contributed by atoms with Crippen LogP contribution in [-0.4, -0.2) is 80.5 Å². The molecule has 5 amide bonds. The van der Waals surface area contributed by atoms with Crippen LogP contribution in [0.4, 0.5) is 0 Å². The van der Waals surface area contributed by atoms with Crippen LogP contribution >= 0.6 is 12.6 Å². The molecule has 0 fully saturated rings. The summed E-state index contributed by atoms with van der Waals surface area (Å²) in [4.78, 5) is 78.4. The second-order valence-corrected chi connectivity index (χ2v) is 7.97. The number of carbonyl (C=O) groups excluding carboxylic acids is 5. The maximum atomic E-state index is 12.9. The minimum atomic E-state index is -1.38. The number of carboxylic acid groups (broad SMARTS) is 1. The summed E-state index contributed by atoms with van der Waals surface area (Å²) in [5.41, 5.74) is 16.3. The number of carbonyl (C=O) groups is 6. The van der Waals surface area contributed by atoms with E-state index in [0.717, 1.165) is 0 Å². The number of hydrogen-bond acceptors (Lipinski definition) is 9. The predicted octanol–water partition coefficient (Wildman–Crippen LogP) is -3.72. The van der Waals surface area contributed by atoms with E-state index in [1.807, 2.05) is 0 Å². The molecule has 0 aliphatic carbocycles. The third-order valence-electron chi connectivity index (χ3n) is 4.75. The predicted molar refractivity (Wildman–Crippen MR) is 124 cm³/mol. The van der Waals surface area contributed by atoms with E-state index in [1.54, 1.807) is 0 Å². The molecule has 0 saturated heterocycles. The summed E-state index contributed by atoms with van der Waals surface area (Å²) in [6.45, 7) is 0. The van der Waals surface area contributed by atoms with E-state index in [2.05, 4.69) is 38.5 Å². The van der Waals surface area contributed by atoms with Gasteiger partial charge in [-0.15, -0.1) is 0 Å². The van der Waals surface area contributed by atoms with Gasteiger partial charge in [0.05, 0.1) is 12.4 Å². The molecule has 0 aromatic carbocycles. The van der Waals surface area contributed by atoms with Crippen molar-refractivity contribution in [3.63, 3.8) is 0 Å². The Hall–Kier alpha value is -3.66. The molecular weight excluding hydrogens is 484 g/mol. The number of nitrogens with one attached hydrogen (secondary N) is 4. The van der Waals surface area contributed by atoms with Crippen LogP contribution in [0.2, 0.25) is 0 Å². The number of H-pyrrole nitrogens is 1. The van der Waals surface area contributed by atoms with Gasteiger partial charge in [0.25, 0.3) is 0 Å². The lowest BCUT2D eigenvalue weighted by Gasteiger charge is -2.24. The van der Waals surface area contributed by atoms with Gasteiger partial charge < -0.3 is 43.2 Å². The number of nitrogens with zero attached hydrogens (tertiary/aromatic N) is 1. The summed E-state index contributed by atoms with van der Waals surface area (Å²) >= 11 is 3.91. The first kappa shape index (κ1) is 29.4. The quantitative estimate of drug-likeness (QED) is 0.0980. The summed E-state index contributed by atoms with van der Waals surface area (Å²) < 4.78 is 0. The molecule has 1 heterocycles. The SMILES string of the molecule is NC(=O)CCC(NC(=O)C(N)CS)C(=O)NC(CCC(N)=O)C(=O)NC(Cc1cnc[nH]1)C(=O)O. The zero-order chi connectivity index (χ0) is 26.5. The Balaban J connectivity index is 3.02. The van der Waals surface area contributed by atoms with Crippen LogP contribution < -0.4 is 33.2 Å². The van der Waals surface area contributed by atoms with E-state index in [1.165, 1.54) is 12.5 Å². The van der Waals surface area contributed by atoms with Crippen LogP contribution in [-0.2, 0) is 35.2 Å². The molecule has 0 saturated carbocycles. The summed E-state index contributed by atoms with van der Waals surface area (Å²) in [7, 11) is 0. The molecule has 0 radical (unpaired) electrons. The van der Waals surface area contributed by atoms with Crippen molar-refractivity contribution in [1.82, 2.24) is 25.9 Å². The average molecular weight is 515 g/mol. The van der Waals surface area contributed by atoms with Gasteiger partial charge in [0.15, 0.2) is 0 Å². The normalized spacial score (nSPS) is 14.1. The van der Waals surface area contributed by atoms with Gasteiger partial charge >= 0.3 is 5.97 Å². The van der Waals surface area contributed by atoms with E-state index in [4.69, 9.17) is 17.2 Å². The molecule has 4 unspecified atom stereocenters. The van der Waals surface area contributed by atoms with Gasteiger partial charge in [-0.25, -0.2) is 9.78 Å². The first-order chi connectivity index (χ1) is 16.4. The van der Waals surface area contributed by atoms with E-state index in [0.29, 0.717) is 5.69 Å². The number of primary amides is 2. The van der Waals surface area contributed by atoms with E-state index >= 15 is 0 Å². The molecule has 0 aliphatic rings. The lowest BCUT2D eigenvalue weighted by atomic mass is 10.1. The zero-order valence-electron chi connectivity index (χ0n) is 18.7. The summed E-state index contributed by atoms with van der Waals surface area (Å²) in [5.74, 6) is -5.38. The highest BCUT2D eigenvalue weighted by Gasteiger charge is 2.30. The number of aromatic nitrogens is 2. The van der Waals surface area contributed by atoms with Crippen molar-refractivity contribution in [2.45, 2.75) is 56.3 Å². The molecule has 16 heteroatoms. The fourth-order valence-electron chi connectivity index (χ4n) is 2.83. The lowest BCUT2D eigenvalue weighted by molar-refractivity contribution is -0.142. The third kappa shape index (κ3) is 10.9. The highest BCUT2D eigenvalue weighted by molar-refractivity contribution is 7.80. The van der Waals surface area contributed by atoms with Gasteiger partial charge in [0, 0.05) is 36.9 Å². The molecular formula is C19H30N8O7S. The van der Waals surface area contributed by atoms with Crippen LogP contribution in [0.3, 0.4) is 0 Å². The Morgan fingerprint density at radius 1 is 0.914 bits per heavy atom. The average Bonchev–Trinajstić information content (AvgIpc) is 3.30. The fourth-order valence-corrected chi connectivity index (χ4v) is 3.00. The van der Waals surface area contributed by atoms with Gasteiger partial charge in [-0.05, 0) is 12.8 Å². The van der Waals surface area contributed by atoms with Crippen LogP contribution in [0.5, 0.6) is 0 Å². The Kier molecular flexibility index (Phi) is 12.2. The first-order valence-electron chi connectivity index (χ1n) is 10.5. The van der Waals surface area contributed by atoms with Gasteiger partial charge in [0.2, 0.25) is 29.5 Å². The van der Waals surface area contributed by atoms with Crippen molar-refractivity contribution in [2.75, 3.05) is 5.75 Å². The number of aliphatic carboxylic acids is 1. The highest BCUT2D eigenvalue weighted by Crippen LogP contribution is 2.05. The van der Waals surface area contributed by atoms with E-state index in [-0.39, 0.29) is 37.9 Å². The molecule has 194 valence electrons. The van der Waals surface area contributed by atoms with Gasteiger partial charge in [0.1, 0.15) is 18.1 Å². The van der Waals surface area contributed by atoms with Crippen LogP contribution in [0.15, 0.2) is 12.5 Å². The highest BCUT2D eigenvalue weighted by atomic mass is 32.1. The maximum absolute atomic E-state index is 12.9. The molecule has 11 N–H and O–H groups in total. The number of nitrogens with two attached hydrogens (primary N) is 3. The minimum Gasteiger partial charge on any atom is -0.480 e. The smallest absolute Gasteiger partial charge is 0.326 e. The number of imidazole rings is 1. The van der Waals surface area contributed by atoms with Gasteiger partial charge in [-0.2, -0.15) is 12.6 Å². The van der Waals surface area contributed by atoms with Crippen LogP contribution in [0.1, 0.15) is 31.4 Å². The van der Waals surface area contributed by atoms with Gasteiger partial charge in [-0.1, -0.05) is 0 Å². The number of hydrogen-bond donors (Lipinski definition) is 9. The largest absolute Gasteiger partial charge is 0.480 e. The number of thiol groups is 1. The van der Waals surface area contributed by atoms with Crippen molar-refractivity contribution >= 4 is 48.1 Å². The first-order valence-corrected chi connectivity index (χ1v) is 11.1. The second kappa shape index (κ2) is 14.6. The number of carboxylic acids is 1. The fraction of sp³-hybridized carbons (Fsp3) is 0.526. The van der Waals surface area contributed by atoms with Crippen molar-refractivity contribution in [3.8, 4) is 0 Å². The number of amides is 5. The minimum absolute atomic E-state index is 0.0213. The topological polar surface area (TPSA) is 265 Å². The maximum Gasteiger partial charge on any atom is 0.326 e. The molecule has 1 aromatic rings. The van der Waals surface area contributed by atoms with Crippen molar-refractivity contribution < 1.29 is 33.9 Å². The van der Waals surface area contributed by atoms with Crippen molar-refractivity contribution in [3.05, 3.63) is 18.2 Å². The molecule has 1 aromatic heterocycles. The third-order valence-corrected chi connectivity index (χ3v) is 5.15. The van der Waals surface area contributed by atoms with Crippen molar-refractivity contribution in [2.24, 2.45) is 17.2 Å². The Labute approximate surface area is 205 Å². The molecule has 0 spiro atoms. The molecule has 15 nitrogen and oxygen atoms in total. The summed E-state index contributed by atoms with van der Waals surface area (Å²) in [6.07, 6.45) is 1.57. The summed E-state index contributed by atoms with van der Waals surface area (Å²) in [5, 5.41) is 16.5. The van der Waals surface area contributed by atoms with E-state index in [9.17, 15) is 33.9 Å². The van der Waals surface area contributed by atoms with Crippen LogP contribution in [0.25, 0.3) is 0 Å². The Morgan fingerprint density at radius 3 is 1.80 bits per heavy atom. The zero-order valence-corrected chi connectivity index (χ0v) is 19.6. The molecule has 0 bridgehead atoms. The molecule has 1 rings (SSSR count). The van der Waals surface area contributed by atoms with E-state index < -0.39 is 59.7 Å². The van der Waals surface area contributed by atoms with Gasteiger partial charge in [-0.3, -0.25) is 24.0 Å². The molecule has 35 heavy (non-hydrogen) atoms. The monoisotopic (exact) mass is 514 g/mol. The van der Waals surface area contributed by atoms with Crippen LogP contribution in [0, 0.1) is 0 Å².